The molecule has 2 aromatic rings. The lowest BCUT2D eigenvalue weighted by atomic mass is 10.1. The number of hydrogen-bond donors (Lipinski definition) is 1. The Balaban J connectivity index is 2.00. The first-order valence-electron chi connectivity index (χ1n) is 7.74. The van der Waals surface area contributed by atoms with E-state index in [1.807, 2.05) is 31.2 Å². The van der Waals surface area contributed by atoms with Gasteiger partial charge in [0.25, 0.3) is 5.91 Å². The van der Waals surface area contributed by atoms with Crippen molar-refractivity contribution < 1.29 is 19.1 Å². The number of carbonyl (C=O) groups is 2. The molecule has 5 nitrogen and oxygen atoms in total. The predicted molar refractivity (Wildman–Crippen MR) is 92.5 cm³/mol. The van der Waals surface area contributed by atoms with E-state index in [0.29, 0.717) is 17.0 Å². The van der Waals surface area contributed by atoms with Crippen LogP contribution >= 0.6 is 0 Å². The second-order valence-corrected chi connectivity index (χ2v) is 5.36. The fourth-order valence-corrected chi connectivity index (χ4v) is 2.19. The molecule has 0 aromatic heterocycles. The summed E-state index contributed by atoms with van der Waals surface area (Å²) in [5, 5.41) is 2.76. The molecule has 1 N–H and O–H groups in total. The van der Waals surface area contributed by atoms with Crippen LogP contribution in [-0.4, -0.2) is 25.6 Å². The zero-order valence-corrected chi connectivity index (χ0v) is 14.1. The van der Waals surface area contributed by atoms with Crippen LogP contribution in [0, 0.1) is 6.92 Å². The fraction of sp³-hybridized carbons (Fsp3) is 0.263. The fourth-order valence-electron chi connectivity index (χ4n) is 2.19. The summed E-state index contributed by atoms with van der Waals surface area (Å²) in [4.78, 5) is 23.7. The Bertz CT molecular complexity index is 740. The Labute approximate surface area is 141 Å². The monoisotopic (exact) mass is 327 g/mol. The van der Waals surface area contributed by atoms with Crippen LogP contribution in [0.25, 0.3) is 0 Å². The third-order valence-electron chi connectivity index (χ3n) is 3.61. The molecular weight excluding hydrogens is 306 g/mol. The predicted octanol–water partition coefficient (Wildman–Crippen LogP) is 3.36. The van der Waals surface area contributed by atoms with Crippen LogP contribution in [-0.2, 0) is 16.0 Å². The van der Waals surface area contributed by atoms with E-state index in [9.17, 15) is 9.59 Å². The number of benzene rings is 2. The van der Waals surface area contributed by atoms with Crippen molar-refractivity contribution in [2.45, 2.75) is 20.3 Å². The molecule has 2 rings (SSSR count). The smallest absolute Gasteiger partial charge is 0.337 e. The highest BCUT2D eigenvalue weighted by molar-refractivity contribution is 5.95. The Morgan fingerprint density at radius 1 is 1.12 bits per heavy atom. The lowest BCUT2D eigenvalue weighted by Gasteiger charge is -2.11. The molecular formula is C19H21NO4. The summed E-state index contributed by atoms with van der Waals surface area (Å²) in [5.41, 5.74) is 2.95. The summed E-state index contributed by atoms with van der Waals surface area (Å²) in [7, 11) is 1.32. The maximum absolute atomic E-state index is 12.1. The molecule has 1 amide bonds. The summed E-state index contributed by atoms with van der Waals surface area (Å²) in [6.07, 6.45) is 0.906. The van der Waals surface area contributed by atoms with Crippen molar-refractivity contribution in [3.05, 3.63) is 59.2 Å². The molecule has 0 heterocycles. The van der Waals surface area contributed by atoms with E-state index in [1.54, 1.807) is 18.2 Å². The minimum Gasteiger partial charge on any atom is -0.484 e. The molecule has 126 valence electrons. The molecule has 0 fully saturated rings. The second-order valence-electron chi connectivity index (χ2n) is 5.36. The number of esters is 1. The maximum Gasteiger partial charge on any atom is 0.337 e. The van der Waals surface area contributed by atoms with Gasteiger partial charge in [-0.15, -0.1) is 0 Å². The van der Waals surface area contributed by atoms with E-state index in [4.69, 9.17) is 4.74 Å². The van der Waals surface area contributed by atoms with Gasteiger partial charge in [0.15, 0.2) is 6.61 Å². The highest BCUT2D eigenvalue weighted by Crippen LogP contribution is 2.18. The number of rotatable bonds is 6. The number of anilines is 1. The van der Waals surface area contributed by atoms with Gasteiger partial charge in [-0.3, -0.25) is 4.79 Å². The quantitative estimate of drug-likeness (QED) is 0.826. The van der Waals surface area contributed by atoms with Crippen LogP contribution in [0.1, 0.15) is 28.4 Å². The minimum atomic E-state index is -0.446. The topological polar surface area (TPSA) is 64.6 Å². The van der Waals surface area contributed by atoms with Crippen LogP contribution in [0.5, 0.6) is 5.75 Å². The highest BCUT2D eigenvalue weighted by atomic mass is 16.5. The van der Waals surface area contributed by atoms with E-state index in [2.05, 4.69) is 17.0 Å². The minimum absolute atomic E-state index is 0.102. The molecule has 0 saturated carbocycles. The van der Waals surface area contributed by atoms with Gasteiger partial charge in [0.2, 0.25) is 0 Å². The van der Waals surface area contributed by atoms with E-state index < -0.39 is 5.97 Å². The molecule has 0 atom stereocenters. The SMILES string of the molecule is CCc1cccc(OCC(=O)Nc2cc(C(=O)OC)ccc2C)c1. The van der Waals surface area contributed by atoms with Crippen molar-refractivity contribution in [2.24, 2.45) is 0 Å². The summed E-state index contributed by atoms with van der Waals surface area (Å²) in [5.74, 6) is -0.0790. The summed E-state index contributed by atoms with van der Waals surface area (Å²) >= 11 is 0. The molecule has 2 aromatic carbocycles. The number of carbonyl (C=O) groups excluding carboxylic acids is 2. The zero-order chi connectivity index (χ0) is 17.5. The number of hydrogen-bond acceptors (Lipinski definition) is 4. The molecule has 24 heavy (non-hydrogen) atoms. The third kappa shape index (κ3) is 4.59. The van der Waals surface area contributed by atoms with Crippen LogP contribution in [0.4, 0.5) is 5.69 Å². The maximum atomic E-state index is 12.1. The van der Waals surface area contributed by atoms with Gasteiger partial charge >= 0.3 is 5.97 Å². The van der Waals surface area contributed by atoms with Gasteiger partial charge in [-0.2, -0.15) is 0 Å². The lowest BCUT2D eigenvalue weighted by molar-refractivity contribution is -0.118. The van der Waals surface area contributed by atoms with E-state index in [1.165, 1.54) is 7.11 Å². The first-order chi connectivity index (χ1) is 11.5. The van der Waals surface area contributed by atoms with E-state index in [0.717, 1.165) is 17.5 Å². The molecule has 0 bridgehead atoms. The van der Waals surface area contributed by atoms with Crippen molar-refractivity contribution >= 4 is 17.6 Å². The van der Waals surface area contributed by atoms with Gasteiger partial charge in [-0.05, 0) is 48.7 Å². The third-order valence-corrected chi connectivity index (χ3v) is 3.61. The molecule has 0 aliphatic rings. The van der Waals surface area contributed by atoms with Gasteiger partial charge in [0.05, 0.1) is 12.7 Å². The van der Waals surface area contributed by atoms with Gasteiger partial charge in [0, 0.05) is 5.69 Å². The van der Waals surface area contributed by atoms with Crippen LogP contribution in [0.15, 0.2) is 42.5 Å². The summed E-state index contributed by atoms with van der Waals surface area (Å²) < 4.78 is 10.2. The van der Waals surface area contributed by atoms with Gasteiger partial charge in [-0.1, -0.05) is 25.1 Å². The highest BCUT2D eigenvalue weighted by Gasteiger charge is 2.11. The Hall–Kier alpha value is -2.82. The van der Waals surface area contributed by atoms with Gasteiger partial charge in [0.1, 0.15) is 5.75 Å². The molecule has 0 spiro atoms. The van der Waals surface area contributed by atoms with Crippen molar-refractivity contribution in [3.63, 3.8) is 0 Å². The number of ether oxygens (including phenoxy) is 2. The van der Waals surface area contributed by atoms with Crippen molar-refractivity contribution in [1.29, 1.82) is 0 Å². The summed E-state index contributed by atoms with van der Waals surface area (Å²) in [6.45, 7) is 3.81. The van der Waals surface area contributed by atoms with Crippen molar-refractivity contribution in [3.8, 4) is 5.75 Å². The van der Waals surface area contributed by atoms with Crippen LogP contribution < -0.4 is 10.1 Å². The van der Waals surface area contributed by atoms with E-state index in [-0.39, 0.29) is 12.5 Å². The zero-order valence-electron chi connectivity index (χ0n) is 14.1. The summed E-state index contributed by atoms with van der Waals surface area (Å²) in [6, 6.07) is 12.6. The Kier molecular flexibility index (Phi) is 5.95. The second kappa shape index (κ2) is 8.15. The van der Waals surface area contributed by atoms with Crippen molar-refractivity contribution in [1.82, 2.24) is 0 Å². The van der Waals surface area contributed by atoms with E-state index >= 15 is 0 Å². The number of methoxy groups -OCH3 is 1. The lowest BCUT2D eigenvalue weighted by Crippen LogP contribution is -2.21. The number of nitrogens with one attached hydrogen (secondary N) is 1. The Morgan fingerprint density at radius 2 is 1.92 bits per heavy atom. The van der Waals surface area contributed by atoms with Gasteiger partial charge in [-0.25, -0.2) is 4.79 Å². The van der Waals surface area contributed by atoms with Gasteiger partial charge < -0.3 is 14.8 Å². The molecule has 0 unspecified atom stereocenters. The number of aryl methyl sites for hydroxylation is 2. The average Bonchev–Trinajstić information content (AvgIpc) is 2.61. The number of amides is 1. The normalized spacial score (nSPS) is 10.1. The first-order valence-corrected chi connectivity index (χ1v) is 7.74. The molecule has 0 radical (unpaired) electrons. The molecule has 5 heteroatoms. The average molecular weight is 327 g/mol. The first kappa shape index (κ1) is 17.5. The van der Waals surface area contributed by atoms with Crippen LogP contribution in [0.3, 0.4) is 0 Å². The molecule has 0 saturated heterocycles. The van der Waals surface area contributed by atoms with Crippen molar-refractivity contribution in [2.75, 3.05) is 19.0 Å². The van der Waals surface area contributed by atoms with Crippen LogP contribution in [0.2, 0.25) is 0 Å². The molecule has 0 aliphatic carbocycles. The Morgan fingerprint density at radius 3 is 2.62 bits per heavy atom. The molecule has 0 aliphatic heterocycles. The largest absolute Gasteiger partial charge is 0.484 e. The standard InChI is InChI=1S/C19H21NO4/c1-4-14-6-5-7-16(10-14)24-12-18(21)20-17-11-15(19(22)23-3)9-8-13(17)2/h5-11H,4,12H2,1-3H3,(H,20,21).